The topological polar surface area (TPSA) is 94.1 Å². The number of carbonyl (C=O) groups is 2. The van der Waals surface area contributed by atoms with Gasteiger partial charge in [-0.15, -0.1) is 0 Å². The summed E-state index contributed by atoms with van der Waals surface area (Å²) in [4.78, 5) is 24.2. The first kappa shape index (κ1) is 25.5. The van der Waals surface area contributed by atoms with E-state index in [2.05, 4.69) is 11.9 Å². The third-order valence-corrected chi connectivity index (χ3v) is 4.33. The van der Waals surface area contributed by atoms with Crippen molar-refractivity contribution < 1.29 is 37.7 Å². The summed E-state index contributed by atoms with van der Waals surface area (Å²) in [5, 5.41) is 11.1. The van der Waals surface area contributed by atoms with Gasteiger partial charge in [-0.2, -0.15) is 0 Å². The van der Waals surface area contributed by atoms with Crippen LogP contribution < -0.4 is 10.1 Å². The highest BCUT2D eigenvalue weighted by atomic mass is 19.1. The SMILES string of the molecule is C=CCOC(=O)/C=C/[C@H](C)[C@@H](OC(=O)Nc1ccc(F)cc1F)c1ccc(OCCO)cc1. The summed E-state index contributed by atoms with van der Waals surface area (Å²) in [5.74, 6) is -2.32. The molecule has 0 aliphatic carbocycles. The lowest BCUT2D eigenvalue weighted by atomic mass is 9.96. The molecule has 0 spiro atoms. The van der Waals surface area contributed by atoms with Crippen LogP contribution in [-0.4, -0.2) is 37.0 Å². The number of hydrogen-bond donors (Lipinski definition) is 2. The Bertz CT molecular complexity index is 977. The Labute approximate surface area is 190 Å². The van der Waals surface area contributed by atoms with E-state index in [1.807, 2.05) is 0 Å². The lowest BCUT2D eigenvalue weighted by Crippen LogP contribution is -2.22. The fraction of sp³-hybridized carbons (Fsp3) is 0.250. The van der Waals surface area contributed by atoms with E-state index < -0.39 is 35.7 Å². The molecule has 1 amide bonds. The van der Waals surface area contributed by atoms with Crippen molar-refractivity contribution >= 4 is 17.7 Å². The first-order chi connectivity index (χ1) is 15.8. The molecule has 176 valence electrons. The van der Waals surface area contributed by atoms with Crippen LogP contribution in [0.25, 0.3) is 0 Å². The maximum absolute atomic E-state index is 13.9. The molecule has 0 heterocycles. The lowest BCUT2D eigenvalue weighted by molar-refractivity contribution is -0.136. The number of nitrogens with one attached hydrogen (secondary N) is 1. The largest absolute Gasteiger partial charge is 0.491 e. The van der Waals surface area contributed by atoms with Gasteiger partial charge in [-0.25, -0.2) is 18.4 Å². The van der Waals surface area contributed by atoms with Crippen molar-refractivity contribution in [2.24, 2.45) is 5.92 Å². The van der Waals surface area contributed by atoms with E-state index in [1.165, 1.54) is 18.2 Å². The summed E-state index contributed by atoms with van der Waals surface area (Å²) < 4.78 is 42.7. The number of ether oxygens (including phenoxy) is 3. The van der Waals surface area contributed by atoms with E-state index in [9.17, 15) is 18.4 Å². The van der Waals surface area contributed by atoms with E-state index in [4.69, 9.17) is 19.3 Å². The molecule has 0 bridgehead atoms. The van der Waals surface area contributed by atoms with Crippen molar-refractivity contribution in [2.75, 3.05) is 25.1 Å². The molecule has 0 aliphatic heterocycles. The van der Waals surface area contributed by atoms with Crippen molar-refractivity contribution in [2.45, 2.75) is 13.0 Å². The molecule has 2 aromatic rings. The molecular weight excluding hydrogens is 436 g/mol. The van der Waals surface area contributed by atoms with E-state index in [0.29, 0.717) is 17.4 Å². The van der Waals surface area contributed by atoms with Crippen molar-refractivity contribution in [3.8, 4) is 5.75 Å². The van der Waals surface area contributed by atoms with Crippen molar-refractivity contribution in [3.63, 3.8) is 0 Å². The Balaban J connectivity index is 2.19. The van der Waals surface area contributed by atoms with Crippen LogP contribution in [-0.2, 0) is 14.3 Å². The molecule has 7 nitrogen and oxygen atoms in total. The van der Waals surface area contributed by atoms with Gasteiger partial charge in [-0.3, -0.25) is 5.32 Å². The van der Waals surface area contributed by atoms with Crippen molar-refractivity contribution in [1.29, 1.82) is 0 Å². The van der Waals surface area contributed by atoms with Crippen LogP contribution in [0.4, 0.5) is 19.3 Å². The molecule has 0 saturated carbocycles. The Hall–Kier alpha value is -3.72. The minimum absolute atomic E-state index is 0.0540. The van der Waals surface area contributed by atoms with Gasteiger partial charge in [-0.1, -0.05) is 37.8 Å². The third kappa shape index (κ3) is 8.38. The maximum Gasteiger partial charge on any atom is 0.412 e. The highest BCUT2D eigenvalue weighted by Crippen LogP contribution is 2.29. The average molecular weight is 461 g/mol. The second-order valence-electron chi connectivity index (χ2n) is 6.85. The number of aliphatic hydroxyl groups excluding tert-OH is 1. The van der Waals surface area contributed by atoms with Crippen LogP contribution in [0.3, 0.4) is 0 Å². The zero-order valence-electron chi connectivity index (χ0n) is 18.0. The number of halogens is 2. The molecule has 2 aromatic carbocycles. The summed E-state index contributed by atoms with van der Waals surface area (Å²) in [5.41, 5.74) is 0.321. The highest BCUT2D eigenvalue weighted by molar-refractivity contribution is 5.85. The number of benzene rings is 2. The summed E-state index contributed by atoms with van der Waals surface area (Å²) in [6.45, 7) is 5.21. The fourth-order valence-corrected chi connectivity index (χ4v) is 2.76. The van der Waals surface area contributed by atoms with Crippen LogP contribution in [0.2, 0.25) is 0 Å². The van der Waals surface area contributed by atoms with Crippen LogP contribution in [0, 0.1) is 17.6 Å². The number of aliphatic hydroxyl groups is 1. The monoisotopic (exact) mass is 461 g/mol. The number of hydrogen-bond acceptors (Lipinski definition) is 6. The molecule has 0 saturated heterocycles. The van der Waals surface area contributed by atoms with Gasteiger partial charge in [0.25, 0.3) is 0 Å². The van der Waals surface area contributed by atoms with Gasteiger partial charge in [0.1, 0.15) is 36.7 Å². The minimum Gasteiger partial charge on any atom is -0.491 e. The summed E-state index contributed by atoms with van der Waals surface area (Å²) in [7, 11) is 0. The van der Waals surface area contributed by atoms with E-state index in [0.717, 1.165) is 12.1 Å². The molecule has 0 unspecified atom stereocenters. The van der Waals surface area contributed by atoms with Crippen LogP contribution in [0.1, 0.15) is 18.6 Å². The summed E-state index contributed by atoms with van der Waals surface area (Å²) >= 11 is 0. The molecule has 9 heteroatoms. The molecule has 0 aliphatic rings. The Morgan fingerprint density at radius 1 is 1.18 bits per heavy atom. The molecular formula is C24H25F2NO6. The predicted octanol–water partition coefficient (Wildman–Crippen LogP) is 4.55. The average Bonchev–Trinajstić information content (AvgIpc) is 2.80. The molecule has 0 aromatic heterocycles. The number of carbonyl (C=O) groups excluding carboxylic acids is 2. The van der Waals surface area contributed by atoms with Crippen LogP contribution in [0.15, 0.2) is 67.3 Å². The summed E-state index contributed by atoms with van der Waals surface area (Å²) in [6, 6.07) is 9.29. The first-order valence-electron chi connectivity index (χ1n) is 10.1. The Morgan fingerprint density at radius 3 is 2.55 bits per heavy atom. The molecule has 0 fully saturated rings. The third-order valence-electron chi connectivity index (χ3n) is 4.33. The van der Waals surface area contributed by atoms with Gasteiger partial charge in [0, 0.05) is 18.1 Å². The first-order valence-corrected chi connectivity index (χ1v) is 10.1. The van der Waals surface area contributed by atoms with Crippen molar-refractivity contribution in [1.82, 2.24) is 0 Å². The zero-order valence-corrected chi connectivity index (χ0v) is 18.0. The predicted molar refractivity (Wildman–Crippen MR) is 118 cm³/mol. The molecule has 0 radical (unpaired) electrons. The molecule has 2 rings (SSSR count). The van der Waals surface area contributed by atoms with Gasteiger partial charge >= 0.3 is 12.1 Å². The van der Waals surface area contributed by atoms with Gasteiger partial charge in [-0.05, 0) is 29.8 Å². The smallest absolute Gasteiger partial charge is 0.412 e. The molecule has 2 atom stereocenters. The highest BCUT2D eigenvalue weighted by Gasteiger charge is 2.23. The quantitative estimate of drug-likeness (QED) is 0.290. The normalized spacial score (nSPS) is 12.6. The van der Waals surface area contributed by atoms with Crippen LogP contribution >= 0.6 is 0 Å². The van der Waals surface area contributed by atoms with Crippen molar-refractivity contribution in [3.05, 3.63) is 84.5 Å². The van der Waals surface area contributed by atoms with Gasteiger partial charge in [0.2, 0.25) is 0 Å². The van der Waals surface area contributed by atoms with E-state index in [1.54, 1.807) is 31.2 Å². The number of rotatable bonds is 11. The fourth-order valence-electron chi connectivity index (χ4n) is 2.76. The molecule has 33 heavy (non-hydrogen) atoms. The standard InChI is InChI=1S/C24H25F2NO6/c1-3-13-32-22(29)11-4-16(2)23(17-5-8-19(9-6-17)31-14-12-28)33-24(30)27-21-10-7-18(25)15-20(21)26/h3-11,15-16,23,28H,1,12-14H2,2H3,(H,27,30)/b11-4+/t16-,23+/m0/s1. The van der Waals surface area contributed by atoms with Crippen LogP contribution in [0.5, 0.6) is 5.75 Å². The van der Waals surface area contributed by atoms with Gasteiger partial charge in [0.05, 0.1) is 12.3 Å². The molecule has 2 N–H and O–H groups in total. The van der Waals surface area contributed by atoms with Gasteiger partial charge < -0.3 is 19.3 Å². The van der Waals surface area contributed by atoms with E-state index in [-0.39, 0.29) is 25.5 Å². The lowest BCUT2D eigenvalue weighted by Gasteiger charge is -2.23. The second-order valence-corrected chi connectivity index (χ2v) is 6.85. The zero-order chi connectivity index (χ0) is 24.2. The van der Waals surface area contributed by atoms with Gasteiger partial charge in [0.15, 0.2) is 0 Å². The number of esters is 1. The Morgan fingerprint density at radius 2 is 1.91 bits per heavy atom. The summed E-state index contributed by atoms with van der Waals surface area (Å²) in [6.07, 6.45) is 2.31. The number of amides is 1. The second kappa shape index (κ2) is 13.0. The van der Waals surface area contributed by atoms with E-state index >= 15 is 0 Å². The Kier molecular flexibility index (Phi) is 10.0. The maximum atomic E-state index is 13.9. The number of anilines is 1. The minimum atomic E-state index is -0.972.